The number of fused-ring (bicyclic) bond motifs is 1. The van der Waals surface area contributed by atoms with E-state index in [4.69, 9.17) is 40.6 Å². The van der Waals surface area contributed by atoms with Gasteiger partial charge in [-0.15, -0.1) is 11.8 Å². The lowest BCUT2D eigenvalue weighted by molar-refractivity contribution is 0.0835. The molecule has 10 heteroatoms. The molecular weight excluding hydrogens is 831 g/mol. The highest BCUT2D eigenvalue weighted by Gasteiger charge is 2.26. The van der Waals surface area contributed by atoms with E-state index in [9.17, 15) is 10.2 Å². The van der Waals surface area contributed by atoms with Crippen LogP contribution in [0, 0.1) is 0 Å². The van der Waals surface area contributed by atoms with Crippen LogP contribution < -0.4 is 4.74 Å². The number of aliphatic hydroxyl groups is 2. The van der Waals surface area contributed by atoms with Crippen LogP contribution in [-0.2, 0) is 18.8 Å². The largest absolute Gasteiger partial charge is 0.496 e. The van der Waals surface area contributed by atoms with Crippen LogP contribution in [0.15, 0.2) is 106 Å². The van der Waals surface area contributed by atoms with Crippen molar-refractivity contribution < 1.29 is 14.9 Å². The Bertz CT molecular complexity index is 2010. The molecule has 292 valence electrons. The number of thioether (sulfide) groups is 1. The summed E-state index contributed by atoms with van der Waals surface area (Å²) in [6, 6.07) is 33.5. The van der Waals surface area contributed by atoms with Crippen LogP contribution >= 0.6 is 63.5 Å². The molecule has 2 heterocycles. The molecule has 2 N–H and O–H groups in total. The van der Waals surface area contributed by atoms with Crippen molar-refractivity contribution in [3.8, 4) is 5.75 Å². The molecule has 2 saturated heterocycles. The third-order valence-electron chi connectivity index (χ3n) is 10.9. The predicted octanol–water partition coefficient (Wildman–Crippen LogP) is 11.6. The highest BCUT2D eigenvalue weighted by Crippen LogP contribution is 2.40. The average molecular weight is 883 g/mol. The molecule has 0 saturated carbocycles. The van der Waals surface area contributed by atoms with Crippen molar-refractivity contribution in [1.29, 1.82) is 0 Å². The topological polar surface area (TPSA) is 56.2 Å². The second-order valence-corrected chi connectivity index (χ2v) is 17.6. The summed E-state index contributed by atoms with van der Waals surface area (Å²) in [6.07, 6.45) is 6.88. The number of methoxy groups -OCH3 is 1. The van der Waals surface area contributed by atoms with Gasteiger partial charge in [-0.05, 0) is 102 Å². The number of thiol groups is 1. The minimum absolute atomic E-state index is 0.104. The van der Waals surface area contributed by atoms with Crippen LogP contribution in [0.1, 0.15) is 71.6 Å². The Kier molecular flexibility index (Phi) is 16.1. The van der Waals surface area contributed by atoms with Gasteiger partial charge in [0.2, 0.25) is 0 Å². The lowest BCUT2D eigenvalue weighted by Gasteiger charge is -2.35. The SMILES string of the molecule is COc1ccc(Br)cc1CSc1c(Cl)cccc1CN1CCCCC1CO.OCC1CCCCN1Cc1cccc(Cl)c1C(S)c1cccc2ccccc12. The molecule has 5 aromatic rings. The van der Waals surface area contributed by atoms with Gasteiger partial charge >= 0.3 is 0 Å². The first kappa shape index (κ1) is 42.4. The average Bonchev–Trinajstić information content (AvgIpc) is 3.21. The number of piperidine rings is 2. The van der Waals surface area contributed by atoms with Gasteiger partial charge in [-0.1, -0.05) is 119 Å². The van der Waals surface area contributed by atoms with Crippen molar-refractivity contribution in [2.45, 2.75) is 79.6 Å². The van der Waals surface area contributed by atoms with E-state index in [1.165, 1.54) is 53.1 Å². The van der Waals surface area contributed by atoms with Gasteiger partial charge in [0.15, 0.2) is 0 Å². The lowest BCUT2D eigenvalue weighted by Crippen LogP contribution is -2.41. The standard InChI is InChI=1S/C24H26ClNOS.C21H25BrClNO2S/c25-22-13-6-9-18(15-26-14-4-3-10-19(26)16-27)23(22)24(28)21-12-5-8-17-7-1-2-11-20(17)21;1-26-20-9-8-17(22)11-16(20)14-27-21-15(5-4-7-19(21)23)12-24-10-3-2-6-18(24)13-25/h1-2,5-9,11-13,19,24,27-28H,3-4,10,14-16H2;4-5,7-9,11,18,25H,2-3,6,10,12-14H2,1H3. The minimum Gasteiger partial charge on any atom is -0.496 e. The van der Waals surface area contributed by atoms with Gasteiger partial charge in [0.1, 0.15) is 5.75 Å². The van der Waals surface area contributed by atoms with E-state index in [0.29, 0.717) is 0 Å². The quantitative estimate of drug-likeness (QED) is 0.0857. The van der Waals surface area contributed by atoms with Crippen molar-refractivity contribution in [3.63, 3.8) is 0 Å². The van der Waals surface area contributed by atoms with E-state index in [0.717, 1.165) is 81.1 Å². The number of rotatable bonds is 12. The predicted molar refractivity (Wildman–Crippen MR) is 238 cm³/mol. The molecule has 5 nitrogen and oxygen atoms in total. The van der Waals surface area contributed by atoms with E-state index >= 15 is 0 Å². The molecule has 0 aliphatic carbocycles. The molecule has 7 rings (SSSR count). The summed E-state index contributed by atoms with van der Waals surface area (Å²) in [6.45, 7) is 4.10. The molecule has 5 aromatic carbocycles. The molecule has 0 spiro atoms. The molecule has 2 aliphatic heterocycles. The number of hydrogen-bond acceptors (Lipinski definition) is 7. The Morgan fingerprint density at radius 1 is 0.764 bits per heavy atom. The molecule has 0 bridgehead atoms. The van der Waals surface area contributed by atoms with E-state index in [-0.39, 0.29) is 30.5 Å². The molecule has 0 radical (unpaired) electrons. The fourth-order valence-electron chi connectivity index (χ4n) is 7.91. The van der Waals surface area contributed by atoms with Gasteiger partial charge in [0.25, 0.3) is 0 Å². The zero-order chi connectivity index (χ0) is 38.7. The number of benzene rings is 5. The first-order valence-corrected chi connectivity index (χ1v) is 22.2. The summed E-state index contributed by atoms with van der Waals surface area (Å²) in [5.74, 6) is 1.67. The van der Waals surface area contributed by atoms with Crippen molar-refractivity contribution in [2.24, 2.45) is 0 Å². The van der Waals surface area contributed by atoms with E-state index in [2.05, 4.69) is 86.4 Å². The summed E-state index contributed by atoms with van der Waals surface area (Å²) >= 11 is 23.6. The summed E-state index contributed by atoms with van der Waals surface area (Å²) in [5.41, 5.74) is 5.80. The Labute approximate surface area is 354 Å². The molecule has 2 fully saturated rings. The molecule has 0 aromatic heterocycles. The molecule has 2 aliphatic rings. The Hall–Kier alpha value is -2.24. The Morgan fingerprint density at radius 2 is 1.38 bits per heavy atom. The second-order valence-electron chi connectivity index (χ2n) is 14.4. The van der Waals surface area contributed by atoms with Crippen LogP contribution in [0.5, 0.6) is 5.75 Å². The van der Waals surface area contributed by atoms with Crippen molar-refractivity contribution in [2.75, 3.05) is 33.4 Å². The van der Waals surface area contributed by atoms with Crippen LogP contribution in [0.4, 0.5) is 0 Å². The Balaban J connectivity index is 0.000000187. The smallest absolute Gasteiger partial charge is 0.122 e. The first-order chi connectivity index (χ1) is 26.8. The van der Waals surface area contributed by atoms with E-state index in [1.54, 1.807) is 18.9 Å². The summed E-state index contributed by atoms with van der Waals surface area (Å²) in [7, 11) is 1.70. The van der Waals surface area contributed by atoms with Crippen LogP contribution in [0.3, 0.4) is 0 Å². The van der Waals surface area contributed by atoms with Crippen LogP contribution in [0.25, 0.3) is 10.8 Å². The summed E-state index contributed by atoms with van der Waals surface area (Å²) in [4.78, 5) is 5.89. The zero-order valence-corrected chi connectivity index (χ0v) is 36.2. The highest BCUT2D eigenvalue weighted by atomic mass is 79.9. The highest BCUT2D eigenvalue weighted by molar-refractivity contribution is 9.10. The van der Waals surface area contributed by atoms with Gasteiger partial charge in [-0.3, -0.25) is 9.80 Å². The minimum atomic E-state index is -0.104. The number of likely N-dealkylation sites (tertiary alicyclic amines) is 2. The number of nitrogens with zero attached hydrogens (tertiary/aromatic N) is 2. The maximum Gasteiger partial charge on any atom is 0.122 e. The van der Waals surface area contributed by atoms with E-state index in [1.807, 2.05) is 36.4 Å². The maximum absolute atomic E-state index is 9.79. The third kappa shape index (κ3) is 10.8. The molecule has 3 atom stereocenters. The van der Waals surface area contributed by atoms with Gasteiger partial charge in [-0.2, -0.15) is 12.6 Å². The van der Waals surface area contributed by atoms with Crippen molar-refractivity contribution >= 4 is 74.3 Å². The van der Waals surface area contributed by atoms with Gasteiger partial charge in [-0.25, -0.2) is 0 Å². The first-order valence-electron chi connectivity index (χ1n) is 19.2. The van der Waals surface area contributed by atoms with E-state index < -0.39 is 0 Å². The van der Waals surface area contributed by atoms with Crippen LogP contribution in [-0.4, -0.2) is 65.5 Å². The number of ether oxygens (including phenoxy) is 1. The van der Waals surface area contributed by atoms with Crippen LogP contribution in [0.2, 0.25) is 10.0 Å². The summed E-state index contributed by atoms with van der Waals surface area (Å²) < 4.78 is 6.54. The monoisotopic (exact) mass is 880 g/mol. The fourth-order valence-corrected chi connectivity index (χ4v) is 10.6. The van der Waals surface area contributed by atoms with Crippen molar-refractivity contribution in [3.05, 3.63) is 139 Å². The fraction of sp³-hybridized carbons (Fsp3) is 0.378. The second kappa shape index (κ2) is 21.0. The summed E-state index contributed by atoms with van der Waals surface area (Å²) in [5, 5.41) is 23.3. The molecular formula is C45H51BrCl2N2O3S2. The molecule has 3 unspecified atom stereocenters. The number of hydrogen-bond donors (Lipinski definition) is 3. The zero-order valence-electron chi connectivity index (χ0n) is 31.3. The third-order valence-corrected chi connectivity index (χ3v) is 13.9. The van der Waals surface area contributed by atoms with Gasteiger partial charge < -0.3 is 14.9 Å². The van der Waals surface area contributed by atoms with Gasteiger partial charge in [0, 0.05) is 50.9 Å². The Morgan fingerprint density at radius 3 is 2.07 bits per heavy atom. The van der Waals surface area contributed by atoms with Gasteiger partial charge in [0.05, 0.1) is 30.6 Å². The molecule has 55 heavy (non-hydrogen) atoms. The van der Waals surface area contributed by atoms with Crippen molar-refractivity contribution in [1.82, 2.24) is 9.80 Å². The number of aliphatic hydroxyl groups excluding tert-OH is 2. The lowest BCUT2D eigenvalue weighted by atomic mass is 9.94. The maximum atomic E-state index is 9.79. The molecule has 0 amide bonds. The normalized spacial score (nSPS) is 18.5. The number of halogens is 3.